The summed E-state index contributed by atoms with van der Waals surface area (Å²) in [5.74, 6) is 1.00. The minimum Gasteiger partial charge on any atom is -0.489 e. The molecule has 150 valence electrons. The number of benzene rings is 2. The van der Waals surface area contributed by atoms with Gasteiger partial charge in [0.1, 0.15) is 12.4 Å². The molecule has 0 bridgehead atoms. The maximum atomic E-state index is 6.25. The summed E-state index contributed by atoms with van der Waals surface area (Å²) in [6.45, 7) is 11.9. The molecule has 1 aliphatic rings. The lowest BCUT2D eigenvalue weighted by Crippen LogP contribution is -2.48. The van der Waals surface area contributed by atoms with Gasteiger partial charge in [-0.1, -0.05) is 69.3 Å². The molecule has 0 saturated carbocycles. The van der Waals surface area contributed by atoms with Crippen LogP contribution in [0.15, 0.2) is 54.6 Å². The number of hydrogen-bond acceptors (Lipinski definition) is 3. The van der Waals surface area contributed by atoms with Crippen molar-refractivity contribution in [3.05, 3.63) is 65.7 Å². The molecule has 3 nitrogen and oxygen atoms in total. The van der Waals surface area contributed by atoms with Crippen LogP contribution in [-0.4, -0.2) is 31.1 Å². The molecule has 2 aromatic rings. The van der Waals surface area contributed by atoms with Crippen molar-refractivity contribution in [3.63, 3.8) is 0 Å². The minimum atomic E-state index is 0. The van der Waals surface area contributed by atoms with E-state index in [4.69, 9.17) is 4.74 Å². The van der Waals surface area contributed by atoms with E-state index in [2.05, 4.69) is 79.5 Å². The molecule has 0 unspecified atom stereocenters. The molecule has 27 heavy (non-hydrogen) atoms. The summed E-state index contributed by atoms with van der Waals surface area (Å²) in [6, 6.07) is 19.3. The third kappa shape index (κ3) is 6.39. The van der Waals surface area contributed by atoms with Crippen LogP contribution in [0, 0.1) is 5.41 Å². The van der Waals surface area contributed by atoms with Crippen LogP contribution in [-0.2, 0) is 6.61 Å². The molecule has 1 N–H and O–H groups in total. The van der Waals surface area contributed by atoms with Gasteiger partial charge in [-0.15, -0.1) is 24.8 Å². The van der Waals surface area contributed by atoms with Crippen LogP contribution in [0.25, 0.3) is 0 Å². The highest BCUT2D eigenvalue weighted by atomic mass is 35.5. The predicted octanol–water partition coefficient (Wildman–Crippen LogP) is 5.10. The normalized spacial score (nSPS) is 16.0. The Morgan fingerprint density at radius 2 is 1.52 bits per heavy atom. The lowest BCUT2D eigenvalue weighted by Gasteiger charge is -2.43. The topological polar surface area (TPSA) is 24.5 Å². The second-order valence-corrected chi connectivity index (χ2v) is 7.87. The van der Waals surface area contributed by atoms with Crippen molar-refractivity contribution in [2.45, 2.75) is 33.4 Å². The van der Waals surface area contributed by atoms with Gasteiger partial charge in [0.05, 0.1) is 0 Å². The van der Waals surface area contributed by atoms with E-state index in [0.717, 1.165) is 31.9 Å². The number of para-hydroxylation sites is 1. The van der Waals surface area contributed by atoms with E-state index in [1.165, 1.54) is 11.1 Å². The number of halogens is 2. The summed E-state index contributed by atoms with van der Waals surface area (Å²) in [4.78, 5) is 2.60. The molecule has 5 heteroatoms. The Kier molecular flexibility index (Phi) is 9.61. The van der Waals surface area contributed by atoms with Gasteiger partial charge in [-0.3, -0.25) is 4.90 Å². The molecule has 3 rings (SSSR count). The number of rotatable bonds is 5. The molecule has 1 aliphatic heterocycles. The Hall–Kier alpha value is -1.26. The van der Waals surface area contributed by atoms with Gasteiger partial charge in [0.2, 0.25) is 0 Å². The highest BCUT2D eigenvalue weighted by Gasteiger charge is 2.34. The lowest BCUT2D eigenvalue weighted by molar-refractivity contribution is 0.0832. The SMILES string of the molecule is CC(C)(C)[C@@H](c1ccccc1OCc1ccccc1)N1CCNCC1.Cl.Cl. The van der Waals surface area contributed by atoms with Crippen LogP contribution in [0.3, 0.4) is 0 Å². The molecular weight excluding hydrogens is 379 g/mol. The maximum absolute atomic E-state index is 6.25. The highest BCUT2D eigenvalue weighted by molar-refractivity contribution is 5.85. The van der Waals surface area contributed by atoms with Crippen LogP contribution in [0.5, 0.6) is 5.75 Å². The van der Waals surface area contributed by atoms with E-state index in [0.29, 0.717) is 12.6 Å². The molecule has 1 atom stereocenters. The second-order valence-electron chi connectivity index (χ2n) is 7.87. The average Bonchev–Trinajstić information content (AvgIpc) is 2.62. The number of piperazine rings is 1. The Morgan fingerprint density at radius 1 is 0.926 bits per heavy atom. The fourth-order valence-electron chi connectivity index (χ4n) is 3.72. The Balaban J connectivity index is 0.00000182. The third-order valence-corrected chi connectivity index (χ3v) is 4.79. The summed E-state index contributed by atoms with van der Waals surface area (Å²) in [5, 5.41) is 3.46. The van der Waals surface area contributed by atoms with Crippen molar-refractivity contribution < 1.29 is 4.74 Å². The first-order valence-electron chi connectivity index (χ1n) is 9.26. The number of nitrogens with one attached hydrogen (secondary N) is 1. The zero-order valence-electron chi connectivity index (χ0n) is 16.5. The summed E-state index contributed by atoms with van der Waals surface area (Å²) >= 11 is 0. The fourth-order valence-corrected chi connectivity index (χ4v) is 3.72. The van der Waals surface area contributed by atoms with E-state index in [-0.39, 0.29) is 30.2 Å². The molecule has 0 aromatic heterocycles. The second kappa shape index (κ2) is 10.9. The molecule has 1 saturated heterocycles. The molecule has 1 fully saturated rings. The van der Waals surface area contributed by atoms with Crippen molar-refractivity contribution in [3.8, 4) is 5.75 Å². The molecule has 0 spiro atoms. The summed E-state index contributed by atoms with van der Waals surface area (Å²) in [5.41, 5.74) is 2.64. The van der Waals surface area contributed by atoms with Crippen LogP contribution < -0.4 is 10.1 Å². The van der Waals surface area contributed by atoms with E-state index in [9.17, 15) is 0 Å². The van der Waals surface area contributed by atoms with Crippen molar-refractivity contribution >= 4 is 24.8 Å². The molecule has 0 radical (unpaired) electrons. The van der Waals surface area contributed by atoms with Crippen molar-refractivity contribution in [1.82, 2.24) is 10.2 Å². The van der Waals surface area contributed by atoms with Gasteiger partial charge < -0.3 is 10.1 Å². The maximum Gasteiger partial charge on any atom is 0.124 e. The number of hydrogen-bond donors (Lipinski definition) is 1. The zero-order chi connectivity index (χ0) is 17.7. The summed E-state index contributed by atoms with van der Waals surface area (Å²) < 4.78 is 6.25. The van der Waals surface area contributed by atoms with Gasteiger partial charge in [0, 0.05) is 37.8 Å². The molecular formula is C22H32Cl2N2O. The van der Waals surface area contributed by atoms with E-state index in [1.54, 1.807) is 0 Å². The average molecular weight is 411 g/mol. The van der Waals surface area contributed by atoms with Gasteiger partial charge in [-0.2, -0.15) is 0 Å². The van der Waals surface area contributed by atoms with Crippen LogP contribution in [0.4, 0.5) is 0 Å². The molecule has 2 aromatic carbocycles. The van der Waals surface area contributed by atoms with Gasteiger partial charge in [0.25, 0.3) is 0 Å². The zero-order valence-corrected chi connectivity index (χ0v) is 18.1. The third-order valence-electron chi connectivity index (χ3n) is 4.79. The first-order valence-corrected chi connectivity index (χ1v) is 9.26. The Labute approximate surface area is 176 Å². The largest absolute Gasteiger partial charge is 0.489 e. The first-order chi connectivity index (χ1) is 12.1. The fraction of sp³-hybridized carbons (Fsp3) is 0.455. The van der Waals surface area contributed by atoms with Gasteiger partial charge in [-0.25, -0.2) is 0 Å². The van der Waals surface area contributed by atoms with Crippen molar-refractivity contribution in [1.29, 1.82) is 0 Å². The van der Waals surface area contributed by atoms with Gasteiger partial charge in [0.15, 0.2) is 0 Å². The smallest absolute Gasteiger partial charge is 0.124 e. The Bertz CT molecular complexity index is 668. The summed E-state index contributed by atoms with van der Waals surface area (Å²) in [7, 11) is 0. The van der Waals surface area contributed by atoms with E-state index >= 15 is 0 Å². The molecule has 0 aliphatic carbocycles. The standard InChI is InChI=1S/C22H30N2O.2ClH/c1-22(2,3)21(24-15-13-23-14-16-24)19-11-7-8-12-20(19)25-17-18-9-5-4-6-10-18;;/h4-12,21,23H,13-17H2,1-3H3;2*1H/t21-;;/m1../s1. The van der Waals surface area contributed by atoms with Crippen LogP contribution >= 0.6 is 24.8 Å². The van der Waals surface area contributed by atoms with Crippen molar-refractivity contribution in [2.75, 3.05) is 26.2 Å². The quantitative estimate of drug-likeness (QED) is 0.741. The number of ether oxygens (including phenoxy) is 1. The molecule has 0 amide bonds. The van der Waals surface area contributed by atoms with Gasteiger partial charge in [-0.05, 0) is 17.0 Å². The van der Waals surface area contributed by atoms with Gasteiger partial charge >= 0.3 is 0 Å². The van der Waals surface area contributed by atoms with Crippen LogP contribution in [0.1, 0.15) is 37.9 Å². The summed E-state index contributed by atoms with van der Waals surface area (Å²) in [6.07, 6.45) is 0. The highest BCUT2D eigenvalue weighted by Crippen LogP contribution is 2.42. The first kappa shape index (κ1) is 23.8. The minimum absolute atomic E-state index is 0. The molecule has 1 heterocycles. The van der Waals surface area contributed by atoms with E-state index in [1.807, 2.05) is 6.07 Å². The Morgan fingerprint density at radius 3 is 2.15 bits per heavy atom. The monoisotopic (exact) mass is 410 g/mol. The lowest BCUT2D eigenvalue weighted by atomic mass is 9.80. The van der Waals surface area contributed by atoms with Crippen molar-refractivity contribution in [2.24, 2.45) is 5.41 Å². The van der Waals surface area contributed by atoms with E-state index < -0.39 is 0 Å². The predicted molar refractivity (Wildman–Crippen MR) is 118 cm³/mol. The van der Waals surface area contributed by atoms with Crippen LogP contribution in [0.2, 0.25) is 0 Å². The number of nitrogens with zero attached hydrogens (tertiary/aromatic N) is 1.